The SMILES string of the molecule is CC(C)(C)Nc1cncc(-n2cnc3c2CC(NC(=O)C#Cc2cccnc2)CC3)n1. The van der Waals surface area contributed by atoms with Crippen LogP contribution in [0.3, 0.4) is 0 Å². The third kappa shape index (κ3) is 5.25. The Kier molecular flexibility index (Phi) is 5.67. The number of aryl methyl sites for hydroxylation is 1. The lowest BCUT2D eigenvalue weighted by Gasteiger charge is -2.24. The van der Waals surface area contributed by atoms with Crippen molar-refractivity contribution in [2.45, 2.75) is 51.6 Å². The van der Waals surface area contributed by atoms with Crippen LogP contribution in [0, 0.1) is 11.8 Å². The normalized spacial score (nSPS) is 15.4. The van der Waals surface area contributed by atoms with Crippen molar-refractivity contribution < 1.29 is 4.79 Å². The van der Waals surface area contributed by atoms with Gasteiger partial charge in [-0.1, -0.05) is 5.92 Å². The molecule has 0 radical (unpaired) electrons. The van der Waals surface area contributed by atoms with Crippen molar-refractivity contribution in [1.82, 2.24) is 29.8 Å². The van der Waals surface area contributed by atoms with Crippen LogP contribution in [0.1, 0.15) is 44.1 Å². The van der Waals surface area contributed by atoms with Gasteiger partial charge in [0.1, 0.15) is 12.1 Å². The Balaban J connectivity index is 1.48. The second-order valence-corrected chi connectivity index (χ2v) is 8.55. The van der Waals surface area contributed by atoms with Crippen molar-refractivity contribution in [3.8, 4) is 17.7 Å². The molecule has 0 bridgehead atoms. The Hall–Kier alpha value is -3.73. The average Bonchev–Trinajstić information content (AvgIpc) is 3.15. The first-order valence-electron chi connectivity index (χ1n) is 10.3. The fourth-order valence-corrected chi connectivity index (χ4v) is 3.51. The van der Waals surface area contributed by atoms with Gasteiger partial charge in [0.2, 0.25) is 0 Å². The topological polar surface area (TPSA) is 97.6 Å². The third-order valence-corrected chi connectivity index (χ3v) is 4.81. The summed E-state index contributed by atoms with van der Waals surface area (Å²) in [5, 5.41) is 6.36. The molecule has 0 saturated carbocycles. The minimum absolute atomic E-state index is 0.0116. The molecular formula is C23H25N7O. The summed E-state index contributed by atoms with van der Waals surface area (Å²) in [6, 6.07) is 3.60. The molecule has 0 saturated heterocycles. The Bertz CT molecular complexity index is 1140. The molecule has 2 N–H and O–H groups in total. The van der Waals surface area contributed by atoms with E-state index in [1.54, 1.807) is 37.2 Å². The molecule has 0 fully saturated rings. The molecule has 1 amide bonds. The van der Waals surface area contributed by atoms with Crippen molar-refractivity contribution in [2.75, 3.05) is 5.32 Å². The molecular weight excluding hydrogens is 390 g/mol. The minimum atomic E-state index is -0.292. The smallest absolute Gasteiger partial charge is 0.296 e. The van der Waals surface area contributed by atoms with Crippen LogP contribution in [-0.2, 0) is 17.6 Å². The van der Waals surface area contributed by atoms with Crippen LogP contribution in [0.4, 0.5) is 5.82 Å². The lowest BCUT2D eigenvalue weighted by Crippen LogP contribution is -2.38. The quantitative estimate of drug-likeness (QED) is 0.637. The molecule has 0 aliphatic heterocycles. The molecule has 1 aliphatic carbocycles. The number of carbonyl (C=O) groups excluding carboxylic acids is 1. The predicted octanol–water partition coefficient (Wildman–Crippen LogP) is 2.29. The number of anilines is 1. The van der Waals surface area contributed by atoms with Crippen LogP contribution >= 0.6 is 0 Å². The average molecular weight is 416 g/mol. The standard InChI is InChI=1S/C23H25N7O/c1-23(2,3)29-20-13-25-14-21(28-20)30-15-26-18-8-7-17(11-19(18)30)27-22(31)9-6-16-5-4-10-24-12-16/h4-5,10,12-15,17H,7-8,11H2,1-3H3,(H,27,31)(H,28,29). The molecule has 3 aromatic rings. The van der Waals surface area contributed by atoms with Crippen LogP contribution in [0.15, 0.2) is 43.2 Å². The van der Waals surface area contributed by atoms with Crippen LogP contribution in [0.2, 0.25) is 0 Å². The summed E-state index contributed by atoms with van der Waals surface area (Å²) in [6.07, 6.45) is 10.8. The summed E-state index contributed by atoms with van der Waals surface area (Å²) in [7, 11) is 0. The van der Waals surface area contributed by atoms with E-state index in [1.165, 1.54) is 0 Å². The van der Waals surface area contributed by atoms with Gasteiger partial charge in [-0.05, 0) is 45.7 Å². The molecule has 3 heterocycles. The van der Waals surface area contributed by atoms with Gasteiger partial charge < -0.3 is 10.6 Å². The number of pyridine rings is 1. The van der Waals surface area contributed by atoms with E-state index in [0.29, 0.717) is 23.6 Å². The summed E-state index contributed by atoms with van der Waals surface area (Å²) in [5.74, 6) is 6.60. The number of imidazole rings is 1. The summed E-state index contributed by atoms with van der Waals surface area (Å²) >= 11 is 0. The predicted molar refractivity (Wildman–Crippen MR) is 118 cm³/mol. The van der Waals surface area contributed by atoms with Gasteiger partial charge in [0.05, 0.1) is 18.1 Å². The molecule has 158 valence electrons. The molecule has 31 heavy (non-hydrogen) atoms. The second-order valence-electron chi connectivity index (χ2n) is 8.55. The molecule has 0 spiro atoms. The molecule has 3 aromatic heterocycles. The van der Waals surface area contributed by atoms with E-state index in [9.17, 15) is 4.79 Å². The highest BCUT2D eigenvalue weighted by Gasteiger charge is 2.25. The van der Waals surface area contributed by atoms with Gasteiger partial charge in [0.15, 0.2) is 5.82 Å². The number of rotatable bonds is 3. The van der Waals surface area contributed by atoms with Crippen LogP contribution < -0.4 is 10.6 Å². The van der Waals surface area contributed by atoms with E-state index in [-0.39, 0.29) is 17.5 Å². The van der Waals surface area contributed by atoms with E-state index >= 15 is 0 Å². The number of hydrogen-bond acceptors (Lipinski definition) is 6. The zero-order valence-electron chi connectivity index (χ0n) is 17.9. The summed E-state index contributed by atoms with van der Waals surface area (Å²) in [4.78, 5) is 29.9. The summed E-state index contributed by atoms with van der Waals surface area (Å²) in [6.45, 7) is 6.22. The Labute approximate surface area is 181 Å². The number of amides is 1. The lowest BCUT2D eigenvalue weighted by atomic mass is 9.95. The number of nitrogens with zero attached hydrogens (tertiary/aromatic N) is 5. The number of nitrogens with one attached hydrogen (secondary N) is 2. The fraction of sp³-hybridized carbons (Fsp3) is 0.348. The van der Waals surface area contributed by atoms with Crippen LogP contribution in [-0.4, -0.2) is 42.0 Å². The zero-order chi connectivity index (χ0) is 21.8. The summed E-state index contributed by atoms with van der Waals surface area (Å²) < 4.78 is 1.95. The highest BCUT2D eigenvalue weighted by molar-refractivity contribution is 5.94. The first kappa shape index (κ1) is 20.5. The molecule has 1 unspecified atom stereocenters. The number of carbonyl (C=O) groups is 1. The lowest BCUT2D eigenvalue weighted by molar-refractivity contribution is -0.116. The highest BCUT2D eigenvalue weighted by atomic mass is 16.1. The van der Waals surface area contributed by atoms with Gasteiger partial charge in [-0.15, -0.1) is 0 Å². The van der Waals surface area contributed by atoms with Gasteiger partial charge in [0.25, 0.3) is 5.91 Å². The van der Waals surface area contributed by atoms with E-state index < -0.39 is 0 Å². The minimum Gasteiger partial charge on any atom is -0.364 e. The third-order valence-electron chi connectivity index (χ3n) is 4.81. The van der Waals surface area contributed by atoms with E-state index in [4.69, 9.17) is 4.98 Å². The Morgan fingerprint density at radius 2 is 2.10 bits per heavy atom. The van der Waals surface area contributed by atoms with Crippen molar-refractivity contribution in [1.29, 1.82) is 0 Å². The second kappa shape index (κ2) is 8.56. The number of fused-ring (bicyclic) bond motifs is 1. The zero-order valence-corrected chi connectivity index (χ0v) is 17.9. The van der Waals surface area contributed by atoms with Crippen LogP contribution in [0.25, 0.3) is 5.82 Å². The van der Waals surface area contributed by atoms with E-state index in [0.717, 1.165) is 24.2 Å². The summed E-state index contributed by atoms with van der Waals surface area (Å²) in [5.41, 5.74) is 2.67. The maximum Gasteiger partial charge on any atom is 0.296 e. The monoisotopic (exact) mass is 415 g/mol. The Morgan fingerprint density at radius 3 is 2.87 bits per heavy atom. The van der Waals surface area contributed by atoms with Crippen molar-refractivity contribution in [3.05, 3.63) is 60.2 Å². The van der Waals surface area contributed by atoms with Gasteiger partial charge in [-0.2, -0.15) is 0 Å². The van der Waals surface area contributed by atoms with Crippen molar-refractivity contribution in [2.24, 2.45) is 0 Å². The largest absolute Gasteiger partial charge is 0.364 e. The van der Waals surface area contributed by atoms with Crippen molar-refractivity contribution >= 4 is 11.7 Å². The van der Waals surface area contributed by atoms with Gasteiger partial charge in [-0.3, -0.25) is 19.3 Å². The van der Waals surface area contributed by atoms with Gasteiger partial charge in [0, 0.05) is 47.6 Å². The van der Waals surface area contributed by atoms with E-state index in [2.05, 4.69) is 58.2 Å². The molecule has 0 aromatic carbocycles. The maximum atomic E-state index is 12.3. The molecule has 1 atom stereocenters. The number of hydrogen-bond donors (Lipinski definition) is 2. The number of aromatic nitrogens is 5. The molecule has 8 heteroatoms. The van der Waals surface area contributed by atoms with Crippen LogP contribution in [0.5, 0.6) is 0 Å². The molecule has 4 rings (SSSR count). The van der Waals surface area contributed by atoms with Crippen molar-refractivity contribution in [3.63, 3.8) is 0 Å². The first-order valence-corrected chi connectivity index (χ1v) is 10.3. The highest BCUT2D eigenvalue weighted by Crippen LogP contribution is 2.23. The molecule has 1 aliphatic rings. The fourth-order valence-electron chi connectivity index (χ4n) is 3.51. The Morgan fingerprint density at radius 1 is 1.23 bits per heavy atom. The maximum absolute atomic E-state index is 12.3. The molecule has 8 nitrogen and oxygen atoms in total. The first-order chi connectivity index (χ1) is 14.9. The van der Waals surface area contributed by atoms with Gasteiger partial charge >= 0.3 is 0 Å². The van der Waals surface area contributed by atoms with E-state index in [1.807, 2.05) is 10.6 Å². The van der Waals surface area contributed by atoms with Gasteiger partial charge in [-0.25, -0.2) is 9.97 Å².